The van der Waals surface area contributed by atoms with Crippen LogP contribution in [0.1, 0.15) is 22.3 Å². The van der Waals surface area contributed by atoms with E-state index < -0.39 is 0 Å². The van der Waals surface area contributed by atoms with Crippen molar-refractivity contribution in [3.63, 3.8) is 0 Å². The molecule has 2 nitrogen and oxygen atoms in total. The van der Waals surface area contributed by atoms with Gasteiger partial charge in [0.15, 0.2) is 0 Å². The van der Waals surface area contributed by atoms with Crippen LogP contribution in [-0.4, -0.2) is 5.11 Å². The third-order valence-electron chi connectivity index (χ3n) is 3.58. The first-order chi connectivity index (χ1) is 12.1. The van der Waals surface area contributed by atoms with Gasteiger partial charge in [-0.25, -0.2) is 0 Å². The molecule has 3 aromatic carbocycles. The Bertz CT molecular complexity index is 960. The summed E-state index contributed by atoms with van der Waals surface area (Å²) in [6, 6.07) is 19.7. The van der Waals surface area contributed by atoms with Crippen LogP contribution in [0.3, 0.4) is 0 Å². The van der Waals surface area contributed by atoms with Crippen molar-refractivity contribution in [1.29, 1.82) is 0 Å². The van der Waals surface area contributed by atoms with Gasteiger partial charge in [0.25, 0.3) is 0 Å². The summed E-state index contributed by atoms with van der Waals surface area (Å²) >= 11 is 4.27. The van der Waals surface area contributed by atoms with Crippen molar-refractivity contribution in [2.45, 2.75) is 4.90 Å². The summed E-state index contributed by atoms with van der Waals surface area (Å²) in [5, 5.41) is 21.1. The standard InChI is InChI=1S/C22H16O2S/c23-20-11-14-22(24)19(15-20)10-7-17-4-1-16(2-5-17)3-6-18-8-12-21(25)13-9-18/h1-6,8-9,11-15,23-25H/p-1/b6-3+. The minimum atomic E-state index is -0.197. The number of thiol groups is 1. The summed E-state index contributed by atoms with van der Waals surface area (Å²) in [6.07, 6.45) is 4.06. The van der Waals surface area contributed by atoms with Gasteiger partial charge in [0, 0.05) is 16.0 Å². The van der Waals surface area contributed by atoms with Crippen molar-refractivity contribution >= 4 is 24.8 Å². The number of phenols is 1. The first kappa shape index (κ1) is 16.8. The van der Waals surface area contributed by atoms with Crippen LogP contribution in [0.5, 0.6) is 11.5 Å². The van der Waals surface area contributed by atoms with Crippen molar-refractivity contribution in [3.8, 4) is 23.3 Å². The average Bonchev–Trinajstić information content (AvgIpc) is 2.63. The molecule has 0 saturated heterocycles. The fourth-order valence-electron chi connectivity index (χ4n) is 2.21. The summed E-state index contributed by atoms with van der Waals surface area (Å²) in [5.74, 6) is 5.59. The second-order valence-electron chi connectivity index (χ2n) is 5.48. The predicted molar refractivity (Wildman–Crippen MR) is 103 cm³/mol. The topological polar surface area (TPSA) is 43.3 Å². The third kappa shape index (κ3) is 4.69. The normalized spacial score (nSPS) is 10.4. The Labute approximate surface area is 152 Å². The predicted octanol–water partition coefficient (Wildman–Crippen LogP) is 4.32. The molecule has 0 heterocycles. The maximum atomic E-state index is 11.7. The molecular weight excluding hydrogens is 328 g/mol. The van der Waals surface area contributed by atoms with Gasteiger partial charge in [-0.2, -0.15) is 0 Å². The number of phenolic OH excluding ortho intramolecular Hbond substituents is 1. The van der Waals surface area contributed by atoms with E-state index >= 15 is 0 Å². The van der Waals surface area contributed by atoms with E-state index in [0.29, 0.717) is 0 Å². The highest BCUT2D eigenvalue weighted by Gasteiger charge is 1.93. The fraction of sp³-hybridized carbons (Fsp3) is 0. The van der Waals surface area contributed by atoms with Crippen molar-refractivity contribution in [1.82, 2.24) is 0 Å². The van der Waals surface area contributed by atoms with Crippen LogP contribution in [0.2, 0.25) is 0 Å². The molecule has 0 unspecified atom stereocenters. The summed E-state index contributed by atoms with van der Waals surface area (Å²) in [4.78, 5) is 0.938. The lowest BCUT2D eigenvalue weighted by atomic mass is 10.1. The molecule has 0 saturated carbocycles. The largest absolute Gasteiger partial charge is 0.872 e. The molecule has 3 rings (SSSR count). The fourth-order valence-corrected chi connectivity index (χ4v) is 2.36. The second-order valence-corrected chi connectivity index (χ2v) is 5.99. The smallest absolute Gasteiger partial charge is 0.116 e. The van der Waals surface area contributed by atoms with Crippen LogP contribution < -0.4 is 5.11 Å². The molecule has 25 heavy (non-hydrogen) atoms. The van der Waals surface area contributed by atoms with Gasteiger partial charge >= 0.3 is 0 Å². The van der Waals surface area contributed by atoms with Gasteiger partial charge < -0.3 is 10.2 Å². The summed E-state index contributed by atoms with van der Waals surface area (Å²) < 4.78 is 0. The Morgan fingerprint density at radius 2 is 1.40 bits per heavy atom. The molecule has 0 fully saturated rings. The van der Waals surface area contributed by atoms with Crippen molar-refractivity contribution < 1.29 is 10.2 Å². The summed E-state index contributed by atoms with van der Waals surface area (Å²) in [6.45, 7) is 0. The van der Waals surface area contributed by atoms with Gasteiger partial charge in [-0.05, 0) is 47.5 Å². The lowest BCUT2D eigenvalue weighted by molar-refractivity contribution is -0.268. The van der Waals surface area contributed by atoms with Gasteiger partial charge in [0.05, 0.1) is 0 Å². The molecule has 0 aliphatic heterocycles. The zero-order valence-electron chi connectivity index (χ0n) is 13.3. The Balaban J connectivity index is 1.73. The molecule has 1 N–H and O–H groups in total. The van der Waals surface area contributed by atoms with Crippen LogP contribution in [0.15, 0.2) is 71.6 Å². The van der Waals surface area contributed by atoms with E-state index in [0.717, 1.165) is 21.6 Å². The quantitative estimate of drug-likeness (QED) is 0.413. The SMILES string of the molecule is [O-]c1ccc(O)cc1C#Cc1ccc(/C=C/c2ccc(S)cc2)cc1. The molecule has 0 spiro atoms. The van der Waals surface area contributed by atoms with Gasteiger partial charge in [-0.3, -0.25) is 0 Å². The third-order valence-corrected chi connectivity index (χ3v) is 3.87. The molecular formula is C22H15O2S-. The van der Waals surface area contributed by atoms with Gasteiger partial charge in [-0.15, -0.1) is 12.6 Å². The number of rotatable bonds is 2. The Morgan fingerprint density at radius 3 is 2.04 bits per heavy atom. The lowest BCUT2D eigenvalue weighted by Gasteiger charge is -2.07. The Hall–Kier alpha value is -3.09. The van der Waals surface area contributed by atoms with Crippen molar-refractivity contribution in [2.75, 3.05) is 0 Å². The van der Waals surface area contributed by atoms with Crippen LogP contribution >= 0.6 is 12.6 Å². The molecule has 0 aliphatic rings. The average molecular weight is 343 g/mol. The number of hydrogen-bond acceptors (Lipinski definition) is 3. The highest BCUT2D eigenvalue weighted by molar-refractivity contribution is 7.80. The van der Waals surface area contributed by atoms with E-state index in [-0.39, 0.29) is 17.1 Å². The highest BCUT2D eigenvalue weighted by Crippen LogP contribution is 2.18. The number of benzene rings is 3. The first-order valence-corrected chi connectivity index (χ1v) is 8.14. The molecule has 122 valence electrons. The van der Waals surface area contributed by atoms with E-state index in [4.69, 9.17) is 0 Å². The van der Waals surface area contributed by atoms with Gasteiger partial charge in [-0.1, -0.05) is 60.1 Å². The second kappa shape index (κ2) is 7.65. The van der Waals surface area contributed by atoms with Crippen LogP contribution in [0.4, 0.5) is 0 Å². The monoisotopic (exact) mass is 343 g/mol. The molecule has 0 aliphatic carbocycles. The summed E-state index contributed by atoms with van der Waals surface area (Å²) in [5.41, 5.74) is 3.26. The molecule has 0 radical (unpaired) electrons. The van der Waals surface area contributed by atoms with Gasteiger partial charge in [0.1, 0.15) is 5.75 Å². The molecule has 3 heteroatoms. The van der Waals surface area contributed by atoms with E-state index in [1.807, 2.05) is 60.7 Å². The van der Waals surface area contributed by atoms with Crippen LogP contribution in [0, 0.1) is 11.8 Å². The molecule has 0 aromatic heterocycles. The minimum absolute atomic E-state index is 0.0373. The maximum Gasteiger partial charge on any atom is 0.116 e. The minimum Gasteiger partial charge on any atom is -0.872 e. The zero-order chi connectivity index (χ0) is 17.6. The maximum absolute atomic E-state index is 11.7. The van der Waals surface area contributed by atoms with Gasteiger partial charge in [0.2, 0.25) is 0 Å². The van der Waals surface area contributed by atoms with E-state index in [1.54, 1.807) is 0 Å². The Morgan fingerprint density at radius 1 is 0.800 bits per heavy atom. The van der Waals surface area contributed by atoms with E-state index in [2.05, 4.69) is 24.5 Å². The highest BCUT2D eigenvalue weighted by atomic mass is 32.1. The number of hydrogen-bond donors (Lipinski definition) is 2. The first-order valence-electron chi connectivity index (χ1n) is 7.69. The van der Waals surface area contributed by atoms with Crippen LogP contribution in [-0.2, 0) is 0 Å². The molecule has 3 aromatic rings. The van der Waals surface area contributed by atoms with Crippen LogP contribution in [0.25, 0.3) is 12.2 Å². The molecule has 0 amide bonds. The van der Waals surface area contributed by atoms with E-state index in [1.165, 1.54) is 18.2 Å². The molecule has 0 bridgehead atoms. The van der Waals surface area contributed by atoms with E-state index in [9.17, 15) is 10.2 Å². The number of aromatic hydroxyl groups is 1. The lowest BCUT2D eigenvalue weighted by Crippen LogP contribution is -1.92. The zero-order valence-corrected chi connectivity index (χ0v) is 14.2. The Kier molecular flexibility index (Phi) is 5.13. The molecule has 0 atom stereocenters. The van der Waals surface area contributed by atoms with Crippen molar-refractivity contribution in [3.05, 3.63) is 89.0 Å². The van der Waals surface area contributed by atoms with Crippen molar-refractivity contribution in [2.24, 2.45) is 0 Å². The summed E-state index contributed by atoms with van der Waals surface area (Å²) in [7, 11) is 0.